The van der Waals surface area contributed by atoms with E-state index in [4.69, 9.17) is 0 Å². The van der Waals surface area contributed by atoms with Crippen LogP contribution in [0.2, 0.25) is 0 Å². The molecule has 0 aliphatic heterocycles. The van der Waals surface area contributed by atoms with Gasteiger partial charge in [-0.05, 0) is 30.2 Å². The summed E-state index contributed by atoms with van der Waals surface area (Å²) < 4.78 is 0. The summed E-state index contributed by atoms with van der Waals surface area (Å²) in [5.41, 5.74) is 1.32. The molecule has 0 unspecified atom stereocenters. The van der Waals surface area contributed by atoms with Gasteiger partial charge in [0.15, 0.2) is 0 Å². The van der Waals surface area contributed by atoms with Crippen molar-refractivity contribution in [2.45, 2.75) is 22.8 Å². The van der Waals surface area contributed by atoms with E-state index >= 15 is 0 Å². The third-order valence-electron chi connectivity index (χ3n) is 3.13. The molecule has 0 aliphatic rings. The van der Waals surface area contributed by atoms with Crippen LogP contribution in [0.5, 0.6) is 0 Å². The molecule has 3 rings (SSSR count). The maximum absolute atomic E-state index is 4.63. The lowest BCUT2D eigenvalue weighted by atomic mass is 10.1. The van der Waals surface area contributed by atoms with Crippen LogP contribution in [0.25, 0.3) is 0 Å². The second kappa shape index (κ2) is 7.04. The number of benzene rings is 2. The number of hydrogen-bond donors (Lipinski definition) is 0. The first kappa shape index (κ1) is 13.8. The summed E-state index contributed by atoms with van der Waals surface area (Å²) in [7, 11) is 0. The van der Waals surface area contributed by atoms with Gasteiger partial charge in [0.05, 0.1) is 0 Å². The Morgan fingerprint density at radius 3 is 2.24 bits per heavy atom. The number of aryl methyl sites for hydroxylation is 2. The SMILES string of the molecule is c1ccc(CCc2nccc(Sc3ccccc3)n2)cc1. The van der Waals surface area contributed by atoms with Crippen LogP contribution in [0.3, 0.4) is 0 Å². The van der Waals surface area contributed by atoms with Crippen LogP contribution in [-0.4, -0.2) is 9.97 Å². The first-order valence-corrected chi connectivity index (χ1v) is 7.80. The van der Waals surface area contributed by atoms with E-state index in [0.717, 1.165) is 23.7 Å². The summed E-state index contributed by atoms with van der Waals surface area (Å²) in [5.74, 6) is 0.903. The van der Waals surface area contributed by atoms with Crippen LogP contribution in [0.4, 0.5) is 0 Å². The van der Waals surface area contributed by atoms with Crippen molar-refractivity contribution in [3.63, 3.8) is 0 Å². The highest BCUT2D eigenvalue weighted by Gasteiger charge is 2.02. The van der Waals surface area contributed by atoms with E-state index in [2.05, 4.69) is 46.4 Å². The molecule has 104 valence electrons. The Balaban J connectivity index is 1.66. The van der Waals surface area contributed by atoms with E-state index in [1.54, 1.807) is 11.8 Å². The van der Waals surface area contributed by atoms with Crippen molar-refractivity contribution in [2.75, 3.05) is 0 Å². The normalized spacial score (nSPS) is 10.5. The zero-order chi connectivity index (χ0) is 14.3. The van der Waals surface area contributed by atoms with Gasteiger partial charge in [-0.1, -0.05) is 60.3 Å². The molecule has 3 heteroatoms. The Hall–Kier alpha value is -2.13. The van der Waals surface area contributed by atoms with Crippen LogP contribution in [-0.2, 0) is 12.8 Å². The zero-order valence-corrected chi connectivity index (χ0v) is 12.5. The smallest absolute Gasteiger partial charge is 0.129 e. The number of nitrogens with zero attached hydrogens (tertiary/aromatic N) is 2. The van der Waals surface area contributed by atoms with E-state index in [9.17, 15) is 0 Å². The predicted octanol–water partition coefficient (Wildman–Crippen LogP) is 4.41. The van der Waals surface area contributed by atoms with Crippen LogP contribution >= 0.6 is 11.8 Å². The summed E-state index contributed by atoms with van der Waals surface area (Å²) in [6.45, 7) is 0. The average Bonchev–Trinajstić information content (AvgIpc) is 2.55. The van der Waals surface area contributed by atoms with E-state index < -0.39 is 0 Å². The predicted molar refractivity (Wildman–Crippen MR) is 86.4 cm³/mol. The van der Waals surface area contributed by atoms with Gasteiger partial charge in [0, 0.05) is 17.5 Å². The molecule has 0 saturated heterocycles. The van der Waals surface area contributed by atoms with E-state index in [1.807, 2.05) is 36.5 Å². The average molecular weight is 292 g/mol. The summed E-state index contributed by atoms with van der Waals surface area (Å²) in [4.78, 5) is 10.2. The summed E-state index contributed by atoms with van der Waals surface area (Å²) >= 11 is 1.67. The Kier molecular flexibility index (Phi) is 4.64. The minimum atomic E-state index is 0.868. The Morgan fingerprint density at radius 2 is 1.48 bits per heavy atom. The third kappa shape index (κ3) is 4.17. The molecule has 0 spiro atoms. The molecule has 0 radical (unpaired) electrons. The van der Waals surface area contributed by atoms with Gasteiger partial charge in [0.2, 0.25) is 0 Å². The van der Waals surface area contributed by atoms with Gasteiger partial charge in [-0.25, -0.2) is 9.97 Å². The first-order chi connectivity index (χ1) is 10.4. The van der Waals surface area contributed by atoms with E-state index in [-0.39, 0.29) is 0 Å². The molecule has 0 N–H and O–H groups in total. The maximum Gasteiger partial charge on any atom is 0.129 e. The van der Waals surface area contributed by atoms with Crippen molar-refractivity contribution in [3.05, 3.63) is 84.3 Å². The molecule has 1 aromatic heterocycles. The summed E-state index contributed by atoms with van der Waals surface area (Å²) in [6, 6.07) is 22.7. The van der Waals surface area contributed by atoms with Gasteiger partial charge >= 0.3 is 0 Å². The number of aromatic nitrogens is 2. The Morgan fingerprint density at radius 1 is 0.762 bits per heavy atom. The number of rotatable bonds is 5. The van der Waals surface area contributed by atoms with Crippen molar-refractivity contribution < 1.29 is 0 Å². The third-order valence-corrected chi connectivity index (χ3v) is 4.07. The fraction of sp³-hybridized carbons (Fsp3) is 0.111. The van der Waals surface area contributed by atoms with Crippen molar-refractivity contribution in [1.29, 1.82) is 0 Å². The second-order valence-corrected chi connectivity index (χ2v) is 5.81. The van der Waals surface area contributed by atoms with Gasteiger partial charge in [0.25, 0.3) is 0 Å². The van der Waals surface area contributed by atoms with E-state index in [0.29, 0.717) is 0 Å². The highest BCUT2D eigenvalue weighted by Crippen LogP contribution is 2.25. The van der Waals surface area contributed by atoms with Crippen molar-refractivity contribution in [1.82, 2.24) is 9.97 Å². The topological polar surface area (TPSA) is 25.8 Å². The largest absolute Gasteiger partial charge is 0.241 e. The van der Waals surface area contributed by atoms with Crippen LogP contribution in [0.15, 0.2) is 82.8 Å². The highest BCUT2D eigenvalue weighted by atomic mass is 32.2. The molecular weight excluding hydrogens is 276 g/mol. The minimum Gasteiger partial charge on any atom is -0.241 e. The minimum absolute atomic E-state index is 0.868. The molecule has 0 saturated carbocycles. The van der Waals surface area contributed by atoms with Gasteiger partial charge in [-0.2, -0.15) is 0 Å². The molecule has 1 heterocycles. The van der Waals surface area contributed by atoms with E-state index in [1.165, 1.54) is 10.5 Å². The fourth-order valence-corrected chi connectivity index (χ4v) is 2.88. The van der Waals surface area contributed by atoms with Crippen LogP contribution in [0, 0.1) is 0 Å². The van der Waals surface area contributed by atoms with Gasteiger partial charge < -0.3 is 0 Å². The monoisotopic (exact) mass is 292 g/mol. The standard InChI is InChI=1S/C18H16N2S/c1-3-7-15(8-4-1)11-12-17-19-14-13-18(20-17)21-16-9-5-2-6-10-16/h1-10,13-14H,11-12H2. The van der Waals surface area contributed by atoms with Crippen LogP contribution in [0.1, 0.15) is 11.4 Å². The Labute approximate surface area is 129 Å². The highest BCUT2D eigenvalue weighted by molar-refractivity contribution is 7.99. The molecule has 0 aliphatic carbocycles. The molecule has 2 nitrogen and oxygen atoms in total. The lowest BCUT2D eigenvalue weighted by Crippen LogP contribution is -1.98. The maximum atomic E-state index is 4.63. The molecular formula is C18H16N2S. The van der Waals surface area contributed by atoms with Crippen molar-refractivity contribution in [2.24, 2.45) is 0 Å². The second-order valence-electron chi connectivity index (χ2n) is 4.71. The fourth-order valence-electron chi connectivity index (χ4n) is 2.07. The summed E-state index contributed by atoms with van der Waals surface area (Å²) in [6.07, 6.45) is 3.69. The van der Waals surface area contributed by atoms with Gasteiger partial charge in [-0.3, -0.25) is 0 Å². The molecule has 0 amide bonds. The van der Waals surface area contributed by atoms with Crippen molar-refractivity contribution >= 4 is 11.8 Å². The molecule has 0 atom stereocenters. The summed E-state index contributed by atoms with van der Waals surface area (Å²) in [5, 5.41) is 0.999. The zero-order valence-electron chi connectivity index (χ0n) is 11.6. The molecule has 0 bridgehead atoms. The lowest BCUT2D eigenvalue weighted by molar-refractivity contribution is 0.828. The van der Waals surface area contributed by atoms with Crippen LogP contribution < -0.4 is 0 Å². The first-order valence-electron chi connectivity index (χ1n) is 6.99. The lowest BCUT2D eigenvalue weighted by Gasteiger charge is -2.04. The molecule has 2 aromatic carbocycles. The molecule has 3 aromatic rings. The quantitative estimate of drug-likeness (QED) is 0.651. The van der Waals surface area contributed by atoms with Gasteiger partial charge in [-0.15, -0.1) is 0 Å². The molecule has 21 heavy (non-hydrogen) atoms. The van der Waals surface area contributed by atoms with Crippen molar-refractivity contribution in [3.8, 4) is 0 Å². The Bertz CT molecular complexity index is 684. The number of hydrogen-bond acceptors (Lipinski definition) is 3. The van der Waals surface area contributed by atoms with Gasteiger partial charge in [0.1, 0.15) is 10.9 Å². The molecule has 0 fully saturated rings.